The zero-order chi connectivity index (χ0) is 8.69. The standard InChI is InChI=1S/C7H10O4/c8-4-6(10)2-1-3-7(11)5-9/h1-2,8-9H,3-5H2/b2-1-. The van der Waals surface area contributed by atoms with Crippen LogP contribution in [0.25, 0.3) is 0 Å². The third-order valence-electron chi connectivity index (χ3n) is 0.981. The van der Waals surface area contributed by atoms with Crippen molar-refractivity contribution < 1.29 is 19.8 Å². The second-order valence-electron chi connectivity index (χ2n) is 1.93. The molecule has 4 nitrogen and oxygen atoms in total. The second kappa shape index (κ2) is 5.76. The molecule has 11 heavy (non-hydrogen) atoms. The molecule has 4 heteroatoms. The van der Waals surface area contributed by atoms with Crippen LogP contribution in [-0.2, 0) is 9.59 Å². The van der Waals surface area contributed by atoms with Gasteiger partial charge in [0.1, 0.15) is 13.2 Å². The summed E-state index contributed by atoms with van der Waals surface area (Å²) < 4.78 is 0. The van der Waals surface area contributed by atoms with E-state index in [9.17, 15) is 9.59 Å². The molecule has 0 spiro atoms. The van der Waals surface area contributed by atoms with Gasteiger partial charge < -0.3 is 10.2 Å². The number of aliphatic hydroxyl groups excluding tert-OH is 2. The van der Waals surface area contributed by atoms with Gasteiger partial charge in [-0.05, 0) is 6.08 Å². The molecule has 0 aliphatic carbocycles. The van der Waals surface area contributed by atoms with E-state index in [0.29, 0.717) is 0 Å². The maximum Gasteiger partial charge on any atom is 0.180 e. The molecule has 0 aromatic heterocycles. The van der Waals surface area contributed by atoms with E-state index < -0.39 is 19.0 Å². The molecular formula is C7H10O4. The Bertz CT molecular complexity index is 171. The second-order valence-corrected chi connectivity index (χ2v) is 1.93. The van der Waals surface area contributed by atoms with Gasteiger partial charge in [-0.25, -0.2) is 0 Å². The van der Waals surface area contributed by atoms with Crippen LogP contribution in [0.4, 0.5) is 0 Å². The molecule has 2 N–H and O–H groups in total. The third-order valence-corrected chi connectivity index (χ3v) is 0.981. The number of hydrogen-bond donors (Lipinski definition) is 2. The first-order valence-corrected chi connectivity index (χ1v) is 3.13. The molecule has 0 rings (SSSR count). The zero-order valence-electron chi connectivity index (χ0n) is 5.99. The Morgan fingerprint density at radius 2 is 1.82 bits per heavy atom. The molecule has 0 radical (unpaired) electrons. The van der Waals surface area contributed by atoms with E-state index in [2.05, 4.69) is 0 Å². The molecule has 0 aliphatic heterocycles. The zero-order valence-corrected chi connectivity index (χ0v) is 5.99. The van der Waals surface area contributed by atoms with Crippen molar-refractivity contribution in [1.82, 2.24) is 0 Å². The quantitative estimate of drug-likeness (QED) is 0.506. The SMILES string of the molecule is O=C(/C=C\CC(=O)CO)CO. The van der Waals surface area contributed by atoms with Crippen LogP contribution in [0, 0.1) is 0 Å². The van der Waals surface area contributed by atoms with Crippen LogP contribution in [0.3, 0.4) is 0 Å². The number of rotatable bonds is 5. The summed E-state index contributed by atoms with van der Waals surface area (Å²) in [6, 6.07) is 0. The lowest BCUT2D eigenvalue weighted by molar-refractivity contribution is -0.120. The van der Waals surface area contributed by atoms with Gasteiger partial charge in [0.05, 0.1) is 0 Å². The summed E-state index contributed by atoms with van der Waals surface area (Å²) in [5, 5.41) is 16.5. The van der Waals surface area contributed by atoms with E-state index in [1.807, 2.05) is 0 Å². The minimum absolute atomic E-state index is 0.0300. The Morgan fingerprint density at radius 1 is 1.18 bits per heavy atom. The van der Waals surface area contributed by atoms with E-state index in [4.69, 9.17) is 10.2 Å². The Morgan fingerprint density at radius 3 is 2.27 bits per heavy atom. The highest BCUT2D eigenvalue weighted by Gasteiger charge is 1.95. The van der Waals surface area contributed by atoms with Crippen LogP contribution in [0.5, 0.6) is 0 Å². The lowest BCUT2D eigenvalue weighted by Crippen LogP contribution is -2.02. The van der Waals surface area contributed by atoms with Gasteiger partial charge in [0.2, 0.25) is 0 Å². The molecule has 62 valence electrons. The van der Waals surface area contributed by atoms with Crippen molar-refractivity contribution in [2.24, 2.45) is 0 Å². The minimum atomic E-state index is -0.552. The highest BCUT2D eigenvalue weighted by molar-refractivity contribution is 5.91. The molecule has 0 amide bonds. The lowest BCUT2D eigenvalue weighted by atomic mass is 10.2. The maximum atomic E-state index is 10.4. The van der Waals surface area contributed by atoms with Crippen molar-refractivity contribution in [2.45, 2.75) is 6.42 Å². The number of ketones is 2. The summed E-state index contributed by atoms with van der Waals surface area (Å²) in [5.41, 5.74) is 0. The summed E-state index contributed by atoms with van der Waals surface area (Å²) in [7, 11) is 0. The average molecular weight is 158 g/mol. The average Bonchev–Trinajstić information content (AvgIpc) is 2.04. The molecule has 0 fully saturated rings. The number of carbonyl (C=O) groups is 2. The fourth-order valence-electron chi connectivity index (χ4n) is 0.439. The van der Waals surface area contributed by atoms with Crippen LogP contribution in [-0.4, -0.2) is 35.0 Å². The number of Topliss-reactive ketones (excluding diaryl/α,β-unsaturated/α-hetero) is 1. The van der Waals surface area contributed by atoms with Gasteiger partial charge in [-0.15, -0.1) is 0 Å². The van der Waals surface area contributed by atoms with Gasteiger partial charge in [-0.1, -0.05) is 6.08 Å². The van der Waals surface area contributed by atoms with Crippen LogP contribution in [0.2, 0.25) is 0 Å². The summed E-state index contributed by atoms with van der Waals surface area (Å²) in [6.45, 7) is -1.07. The molecule has 0 aliphatic rings. The number of aliphatic hydroxyl groups is 2. The maximum absolute atomic E-state index is 10.4. The van der Waals surface area contributed by atoms with Crippen molar-refractivity contribution >= 4 is 11.6 Å². The highest BCUT2D eigenvalue weighted by Crippen LogP contribution is 1.85. The van der Waals surface area contributed by atoms with Crippen molar-refractivity contribution in [3.63, 3.8) is 0 Å². The Hall–Kier alpha value is -1.00. The van der Waals surface area contributed by atoms with Gasteiger partial charge in [-0.3, -0.25) is 9.59 Å². The van der Waals surface area contributed by atoms with E-state index in [1.54, 1.807) is 0 Å². The molecular weight excluding hydrogens is 148 g/mol. The van der Waals surface area contributed by atoms with Crippen LogP contribution in [0.15, 0.2) is 12.2 Å². The smallest absolute Gasteiger partial charge is 0.180 e. The van der Waals surface area contributed by atoms with Crippen molar-refractivity contribution in [2.75, 3.05) is 13.2 Å². The largest absolute Gasteiger partial charge is 0.389 e. The minimum Gasteiger partial charge on any atom is -0.389 e. The van der Waals surface area contributed by atoms with Gasteiger partial charge in [0.25, 0.3) is 0 Å². The van der Waals surface area contributed by atoms with E-state index in [1.165, 1.54) is 6.08 Å². The number of carbonyl (C=O) groups excluding carboxylic acids is 2. The summed E-state index contributed by atoms with van der Waals surface area (Å²) in [6.07, 6.45) is 2.47. The first-order valence-electron chi connectivity index (χ1n) is 3.13. The van der Waals surface area contributed by atoms with Gasteiger partial charge in [0, 0.05) is 6.42 Å². The highest BCUT2D eigenvalue weighted by atomic mass is 16.3. The predicted octanol–water partition coefficient (Wildman–Crippen LogP) is -0.945. The van der Waals surface area contributed by atoms with E-state index >= 15 is 0 Å². The topological polar surface area (TPSA) is 74.6 Å². The van der Waals surface area contributed by atoms with E-state index in [-0.39, 0.29) is 12.2 Å². The molecule has 0 aromatic rings. The molecule has 0 heterocycles. The first kappa shape index (κ1) is 10.0. The van der Waals surface area contributed by atoms with Crippen LogP contribution < -0.4 is 0 Å². The predicted molar refractivity (Wildman–Crippen MR) is 37.9 cm³/mol. The normalized spacial score (nSPS) is 10.4. The monoisotopic (exact) mass is 158 g/mol. The third kappa shape index (κ3) is 5.44. The fraction of sp³-hybridized carbons (Fsp3) is 0.429. The molecule has 0 atom stereocenters. The van der Waals surface area contributed by atoms with E-state index in [0.717, 1.165) is 6.08 Å². The molecule has 0 saturated carbocycles. The lowest BCUT2D eigenvalue weighted by Gasteiger charge is -1.87. The fourth-order valence-corrected chi connectivity index (χ4v) is 0.439. The van der Waals surface area contributed by atoms with Crippen molar-refractivity contribution in [3.05, 3.63) is 12.2 Å². The Labute approximate surface area is 64.2 Å². The number of allylic oxidation sites excluding steroid dienone is 1. The van der Waals surface area contributed by atoms with Crippen molar-refractivity contribution in [1.29, 1.82) is 0 Å². The van der Waals surface area contributed by atoms with Gasteiger partial charge in [0.15, 0.2) is 11.6 Å². The van der Waals surface area contributed by atoms with Crippen LogP contribution >= 0.6 is 0 Å². The number of hydrogen-bond acceptors (Lipinski definition) is 4. The van der Waals surface area contributed by atoms with Crippen molar-refractivity contribution in [3.8, 4) is 0 Å². The Balaban J connectivity index is 3.60. The Kier molecular flexibility index (Phi) is 5.24. The molecule has 0 unspecified atom stereocenters. The summed E-state index contributed by atoms with van der Waals surface area (Å²) in [5.74, 6) is -0.803. The molecule has 0 bridgehead atoms. The molecule has 0 saturated heterocycles. The van der Waals surface area contributed by atoms with Crippen LogP contribution in [0.1, 0.15) is 6.42 Å². The first-order chi connectivity index (χ1) is 5.20. The summed E-state index contributed by atoms with van der Waals surface area (Å²) >= 11 is 0. The summed E-state index contributed by atoms with van der Waals surface area (Å²) in [4.78, 5) is 20.8. The van der Waals surface area contributed by atoms with Gasteiger partial charge >= 0.3 is 0 Å². The van der Waals surface area contributed by atoms with Gasteiger partial charge in [-0.2, -0.15) is 0 Å². The molecule has 0 aromatic carbocycles.